The van der Waals surface area contributed by atoms with Crippen molar-refractivity contribution in [2.45, 2.75) is 32.9 Å². The molecule has 0 aromatic carbocycles. The summed E-state index contributed by atoms with van der Waals surface area (Å²) in [6.45, 7) is 6.55. The molecule has 0 aliphatic heterocycles. The third-order valence-corrected chi connectivity index (χ3v) is 3.08. The molecule has 2 aromatic rings. The number of ether oxygens (including phenoxy) is 1. The van der Waals surface area contributed by atoms with Crippen LogP contribution in [0.5, 0.6) is 0 Å². The number of pyridine rings is 1. The van der Waals surface area contributed by atoms with Crippen LogP contribution in [0, 0.1) is 0 Å². The summed E-state index contributed by atoms with van der Waals surface area (Å²) in [5.74, 6) is 0.875. The Hall–Kier alpha value is -1.88. The lowest BCUT2D eigenvalue weighted by Crippen LogP contribution is -2.13. The monoisotopic (exact) mass is 274 g/mol. The third-order valence-electron chi connectivity index (χ3n) is 3.08. The Bertz CT molecular complexity index is 498. The molecule has 5 heteroatoms. The molecule has 5 nitrogen and oxygen atoms in total. The summed E-state index contributed by atoms with van der Waals surface area (Å²) in [5, 5.41) is 3.40. The lowest BCUT2D eigenvalue weighted by atomic mass is 10.2. The summed E-state index contributed by atoms with van der Waals surface area (Å²) in [4.78, 5) is 8.72. The van der Waals surface area contributed by atoms with Gasteiger partial charge in [-0.3, -0.25) is 4.98 Å². The molecule has 2 heterocycles. The maximum atomic E-state index is 5.36. The summed E-state index contributed by atoms with van der Waals surface area (Å²) in [5.41, 5.74) is 1.01. The van der Waals surface area contributed by atoms with E-state index in [0.29, 0.717) is 0 Å². The van der Waals surface area contributed by atoms with Gasteiger partial charge in [0.2, 0.25) is 5.95 Å². The maximum Gasteiger partial charge on any atom is 0.203 e. The van der Waals surface area contributed by atoms with Crippen molar-refractivity contribution in [3.05, 3.63) is 42.5 Å². The number of nitrogens with zero attached hydrogens (tertiary/aromatic N) is 3. The second-order valence-electron chi connectivity index (χ2n) is 4.62. The highest BCUT2D eigenvalue weighted by molar-refractivity contribution is 5.30. The molecule has 108 valence electrons. The summed E-state index contributed by atoms with van der Waals surface area (Å²) in [6, 6.07) is 6.06. The Morgan fingerprint density at radius 1 is 1.30 bits per heavy atom. The average molecular weight is 274 g/mol. The van der Waals surface area contributed by atoms with Crippen molar-refractivity contribution in [1.29, 1.82) is 0 Å². The molecule has 0 spiro atoms. The van der Waals surface area contributed by atoms with Crippen LogP contribution in [0.2, 0.25) is 0 Å². The van der Waals surface area contributed by atoms with Crippen molar-refractivity contribution in [1.82, 2.24) is 14.5 Å². The first-order valence-corrected chi connectivity index (χ1v) is 7.07. The van der Waals surface area contributed by atoms with E-state index in [9.17, 15) is 0 Å². The van der Waals surface area contributed by atoms with Crippen molar-refractivity contribution in [2.75, 3.05) is 18.5 Å². The minimum absolute atomic E-state index is 0.129. The van der Waals surface area contributed by atoms with Gasteiger partial charge in [-0.25, -0.2) is 4.98 Å². The molecule has 1 atom stereocenters. The van der Waals surface area contributed by atoms with E-state index in [1.54, 1.807) is 0 Å². The van der Waals surface area contributed by atoms with Crippen molar-refractivity contribution in [3.63, 3.8) is 0 Å². The van der Waals surface area contributed by atoms with Crippen molar-refractivity contribution in [2.24, 2.45) is 0 Å². The van der Waals surface area contributed by atoms with Gasteiger partial charge in [0.1, 0.15) is 0 Å². The van der Waals surface area contributed by atoms with Crippen molar-refractivity contribution >= 4 is 5.95 Å². The summed E-state index contributed by atoms with van der Waals surface area (Å²) in [7, 11) is 0. The van der Waals surface area contributed by atoms with Crippen LogP contribution >= 0.6 is 0 Å². The average Bonchev–Trinajstić information content (AvgIpc) is 2.92. The second-order valence-corrected chi connectivity index (χ2v) is 4.62. The van der Waals surface area contributed by atoms with Gasteiger partial charge in [0.05, 0.1) is 11.7 Å². The molecule has 0 saturated heterocycles. The largest absolute Gasteiger partial charge is 0.382 e. The van der Waals surface area contributed by atoms with E-state index in [4.69, 9.17) is 4.74 Å². The topological polar surface area (TPSA) is 52.0 Å². The molecule has 0 amide bonds. The highest BCUT2D eigenvalue weighted by Gasteiger charge is 2.09. The maximum absolute atomic E-state index is 5.36. The van der Waals surface area contributed by atoms with E-state index in [2.05, 4.69) is 26.8 Å². The molecule has 2 aromatic heterocycles. The zero-order chi connectivity index (χ0) is 14.2. The lowest BCUT2D eigenvalue weighted by molar-refractivity contribution is 0.142. The number of aromatic nitrogens is 3. The first kappa shape index (κ1) is 14.5. The van der Waals surface area contributed by atoms with E-state index >= 15 is 0 Å². The Morgan fingerprint density at radius 2 is 2.20 bits per heavy atom. The standard InChI is InChI=1S/C15H22N4O/c1-3-20-12-6-10-19-11-9-17-15(19)18-13(2)14-7-4-5-8-16-14/h4-5,7-9,11,13H,3,6,10,12H2,1-2H3,(H,17,18). The lowest BCUT2D eigenvalue weighted by Gasteiger charge is -2.15. The SMILES string of the molecule is CCOCCCn1ccnc1NC(C)c1ccccn1. The Labute approximate surface area is 120 Å². The smallest absolute Gasteiger partial charge is 0.203 e. The summed E-state index contributed by atoms with van der Waals surface area (Å²) < 4.78 is 7.47. The molecule has 0 bridgehead atoms. The fourth-order valence-corrected chi connectivity index (χ4v) is 2.01. The number of anilines is 1. The van der Waals surface area contributed by atoms with E-state index in [1.807, 2.05) is 43.7 Å². The van der Waals surface area contributed by atoms with E-state index in [-0.39, 0.29) is 6.04 Å². The fraction of sp³-hybridized carbons (Fsp3) is 0.467. The normalized spacial score (nSPS) is 12.3. The molecule has 20 heavy (non-hydrogen) atoms. The van der Waals surface area contributed by atoms with Crippen LogP contribution in [-0.2, 0) is 11.3 Å². The highest BCUT2D eigenvalue weighted by Crippen LogP contribution is 2.16. The number of hydrogen-bond donors (Lipinski definition) is 1. The van der Waals surface area contributed by atoms with Crippen molar-refractivity contribution in [3.8, 4) is 0 Å². The van der Waals surface area contributed by atoms with Crippen LogP contribution in [0.3, 0.4) is 0 Å². The molecular weight excluding hydrogens is 252 g/mol. The zero-order valence-electron chi connectivity index (χ0n) is 12.1. The summed E-state index contributed by atoms with van der Waals surface area (Å²) in [6.07, 6.45) is 6.59. The van der Waals surface area contributed by atoms with Crippen LogP contribution in [-0.4, -0.2) is 27.7 Å². The Kier molecular flexibility index (Phi) is 5.55. The van der Waals surface area contributed by atoms with Gasteiger partial charge in [-0.05, 0) is 32.4 Å². The second kappa shape index (κ2) is 7.65. The van der Waals surface area contributed by atoms with Crippen LogP contribution in [0.15, 0.2) is 36.8 Å². The predicted molar refractivity (Wildman–Crippen MR) is 79.6 cm³/mol. The van der Waals surface area contributed by atoms with Crippen LogP contribution in [0.1, 0.15) is 32.0 Å². The molecule has 1 N–H and O–H groups in total. The van der Waals surface area contributed by atoms with Gasteiger partial charge in [0, 0.05) is 38.3 Å². The predicted octanol–water partition coefficient (Wildman–Crippen LogP) is 2.88. The van der Waals surface area contributed by atoms with Crippen molar-refractivity contribution < 1.29 is 4.74 Å². The molecule has 0 radical (unpaired) electrons. The highest BCUT2D eigenvalue weighted by atomic mass is 16.5. The Morgan fingerprint density at radius 3 is 2.95 bits per heavy atom. The minimum atomic E-state index is 0.129. The van der Waals surface area contributed by atoms with E-state index in [1.165, 1.54) is 0 Å². The molecular formula is C15H22N4O. The minimum Gasteiger partial charge on any atom is -0.382 e. The molecule has 0 saturated carbocycles. The number of nitrogens with one attached hydrogen (secondary N) is 1. The van der Waals surface area contributed by atoms with Gasteiger partial charge >= 0.3 is 0 Å². The molecule has 0 fully saturated rings. The first-order valence-electron chi connectivity index (χ1n) is 7.07. The number of hydrogen-bond acceptors (Lipinski definition) is 4. The number of rotatable bonds is 8. The molecule has 0 aliphatic rings. The van der Waals surface area contributed by atoms with Gasteiger partial charge in [0.25, 0.3) is 0 Å². The van der Waals surface area contributed by atoms with E-state index < -0.39 is 0 Å². The van der Waals surface area contributed by atoms with E-state index in [0.717, 1.165) is 37.8 Å². The van der Waals surface area contributed by atoms with Gasteiger partial charge in [-0.2, -0.15) is 0 Å². The summed E-state index contributed by atoms with van der Waals surface area (Å²) >= 11 is 0. The van der Waals surface area contributed by atoms with Gasteiger partial charge < -0.3 is 14.6 Å². The molecule has 1 unspecified atom stereocenters. The van der Waals surface area contributed by atoms with Gasteiger partial charge in [0.15, 0.2) is 0 Å². The third kappa shape index (κ3) is 4.06. The van der Waals surface area contributed by atoms with Gasteiger partial charge in [-0.15, -0.1) is 0 Å². The van der Waals surface area contributed by atoms with Crippen LogP contribution < -0.4 is 5.32 Å². The Balaban J connectivity index is 1.91. The van der Waals surface area contributed by atoms with Crippen LogP contribution in [0.25, 0.3) is 0 Å². The first-order chi connectivity index (χ1) is 9.81. The zero-order valence-corrected chi connectivity index (χ0v) is 12.1. The van der Waals surface area contributed by atoms with Crippen LogP contribution in [0.4, 0.5) is 5.95 Å². The quantitative estimate of drug-likeness (QED) is 0.752. The van der Waals surface area contributed by atoms with Gasteiger partial charge in [-0.1, -0.05) is 6.07 Å². The fourth-order valence-electron chi connectivity index (χ4n) is 2.01. The molecule has 2 rings (SSSR count). The number of aryl methyl sites for hydroxylation is 1. The number of imidazole rings is 1. The molecule has 0 aliphatic carbocycles.